The first-order valence-electron chi connectivity index (χ1n) is 3.99. The number of hydrogen-bond donors (Lipinski definition) is 2. The third kappa shape index (κ3) is 4.00. The van der Waals surface area contributed by atoms with Crippen LogP contribution in [-0.4, -0.2) is 24.2 Å². The maximum atomic E-state index is 11.9. The number of rotatable bonds is 5. The fraction of sp³-hybridized carbons (Fsp3) is 0.500. The summed E-state index contributed by atoms with van der Waals surface area (Å²) in [7, 11) is 0. The minimum atomic E-state index is -2.68. The van der Waals surface area contributed by atoms with Gasteiger partial charge in [-0.1, -0.05) is 0 Å². The van der Waals surface area contributed by atoms with Crippen LogP contribution in [0.3, 0.4) is 0 Å². The molecule has 0 saturated carbocycles. The number of alkyl halides is 2. The summed E-state index contributed by atoms with van der Waals surface area (Å²) in [5.41, 5.74) is 1.02. The van der Waals surface area contributed by atoms with Gasteiger partial charge in [-0.25, -0.2) is 8.78 Å². The van der Waals surface area contributed by atoms with E-state index in [2.05, 4.69) is 21.2 Å². The molecule has 2 nitrogen and oxygen atoms in total. The zero-order chi connectivity index (χ0) is 10.6. The van der Waals surface area contributed by atoms with E-state index in [1.165, 1.54) is 11.3 Å². The van der Waals surface area contributed by atoms with Gasteiger partial charge in [0.2, 0.25) is 0 Å². The molecule has 0 amide bonds. The predicted molar refractivity (Wildman–Crippen MR) is 55.7 cm³/mol. The first-order chi connectivity index (χ1) is 6.59. The van der Waals surface area contributed by atoms with Gasteiger partial charge >= 0.3 is 0 Å². The van der Waals surface area contributed by atoms with Crippen molar-refractivity contribution in [2.75, 3.05) is 6.54 Å². The standard InChI is InChI=1S/C8H10BrF2NOS/c9-7-1-5(4-14-7)2-12-3-6(13)8(10)11/h1,4,6,8,12-13H,2-3H2. The zero-order valence-electron chi connectivity index (χ0n) is 7.21. The van der Waals surface area contributed by atoms with Crippen molar-refractivity contribution in [1.29, 1.82) is 0 Å². The van der Waals surface area contributed by atoms with Crippen LogP contribution in [0.1, 0.15) is 5.56 Å². The third-order valence-corrected chi connectivity index (χ3v) is 3.15. The maximum absolute atomic E-state index is 11.9. The molecule has 0 fully saturated rings. The van der Waals surface area contributed by atoms with Crippen molar-refractivity contribution in [3.8, 4) is 0 Å². The fourth-order valence-corrected chi connectivity index (χ4v) is 2.10. The zero-order valence-corrected chi connectivity index (χ0v) is 9.62. The van der Waals surface area contributed by atoms with Gasteiger partial charge in [-0.3, -0.25) is 0 Å². The Labute approximate surface area is 93.1 Å². The lowest BCUT2D eigenvalue weighted by Crippen LogP contribution is -2.31. The molecule has 0 saturated heterocycles. The van der Waals surface area contributed by atoms with Crippen molar-refractivity contribution in [2.24, 2.45) is 0 Å². The van der Waals surface area contributed by atoms with Crippen LogP contribution in [0.5, 0.6) is 0 Å². The van der Waals surface area contributed by atoms with E-state index in [0.717, 1.165) is 9.35 Å². The van der Waals surface area contributed by atoms with Crippen molar-refractivity contribution in [2.45, 2.75) is 19.1 Å². The molecule has 1 unspecified atom stereocenters. The van der Waals surface area contributed by atoms with Crippen LogP contribution in [0.25, 0.3) is 0 Å². The summed E-state index contributed by atoms with van der Waals surface area (Å²) >= 11 is 4.83. The quantitative estimate of drug-likeness (QED) is 0.870. The van der Waals surface area contributed by atoms with E-state index in [4.69, 9.17) is 5.11 Å². The van der Waals surface area contributed by atoms with Crippen LogP contribution >= 0.6 is 27.3 Å². The minimum Gasteiger partial charge on any atom is -0.386 e. The highest BCUT2D eigenvalue weighted by Gasteiger charge is 2.15. The number of nitrogens with one attached hydrogen (secondary N) is 1. The van der Waals surface area contributed by atoms with Crippen LogP contribution in [0, 0.1) is 0 Å². The molecular weight excluding hydrogens is 276 g/mol. The highest BCUT2D eigenvalue weighted by Crippen LogP contribution is 2.20. The number of thiophene rings is 1. The van der Waals surface area contributed by atoms with E-state index in [1.807, 2.05) is 11.4 Å². The van der Waals surface area contributed by atoms with Crippen molar-refractivity contribution < 1.29 is 13.9 Å². The lowest BCUT2D eigenvalue weighted by molar-refractivity contribution is -0.00340. The van der Waals surface area contributed by atoms with Gasteiger partial charge in [0.1, 0.15) is 6.10 Å². The normalized spacial score (nSPS) is 13.5. The molecule has 1 aromatic rings. The van der Waals surface area contributed by atoms with E-state index in [0.29, 0.717) is 6.54 Å². The molecule has 1 atom stereocenters. The highest BCUT2D eigenvalue weighted by molar-refractivity contribution is 9.11. The Kier molecular flexibility index (Phi) is 4.94. The highest BCUT2D eigenvalue weighted by atomic mass is 79.9. The van der Waals surface area contributed by atoms with Gasteiger partial charge in [0.05, 0.1) is 3.79 Å². The maximum Gasteiger partial charge on any atom is 0.265 e. The molecule has 1 rings (SSSR count). The SMILES string of the molecule is OC(CNCc1csc(Br)c1)C(F)F. The van der Waals surface area contributed by atoms with Crippen molar-refractivity contribution in [3.05, 3.63) is 20.8 Å². The smallest absolute Gasteiger partial charge is 0.265 e. The molecule has 0 radical (unpaired) electrons. The summed E-state index contributed by atoms with van der Waals surface area (Å²) in [6.45, 7) is 0.400. The van der Waals surface area contributed by atoms with Gasteiger partial charge in [0.25, 0.3) is 6.43 Å². The lowest BCUT2D eigenvalue weighted by atomic mass is 10.3. The molecule has 0 aliphatic rings. The van der Waals surface area contributed by atoms with E-state index < -0.39 is 12.5 Å². The Morgan fingerprint density at radius 1 is 1.57 bits per heavy atom. The monoisotopic (exact) mass is 285 g/mol. The van der Waals surface area contributed by atoms with Crippen molar-refractivity contribution in [1.82, 2.24) is 5.32 Å². The van der Waals surface area contributed by atoms with Crippen LogP contribution < -0.4 is 5.32 Å². The Morgan fingerprint density at radius 3 is 2.79 bits per heavy atom. The summed E-state index contributed by atoms with van der Waals surface area (Å²) in [6.07, 6.45) is -4.27. The van der Waals surface area contributed by atoms with Gasteiger partial charge in [-0.05, 0) is 32.9 Å². The molecule has 2 N–H and O–H groups in total. The third-order valence-electron chi connectivity index (χ3n) is 1.60. The molecule has 1 aromatic heterocycles. The van der Waals surface area contributed by atoms with E-state index >= 15 is 0 Å². The second-order valence-electron chi connectivity index (χ2n) is 2.79. The van der Waals surface area contributed by atoms with Gasteiger partial charge in [0.15, 0.2) is 0 Å². The Balaban J connectivity index is 2.22. The van der Waals surface area contributed by atoms with E-state index in [1.54, 1.807) is 0 Å². The van der Waals surface area contributed by atoms with Gasteiger partial charge in [-0.2, -0.15) is 0 Å². The summed E-state index contributed by atoms with van der Waals surface area (Å²) in [5.74, 6) is 0. The Morgan fingerprint density at radius 2 is 2.29 bits per heavy atom. The molecule has 0 bridgehead atoms. The summed E-state index contributed by atoms with van der Waals surface area (Å²) in [4.78, 5) is 0. The largest absolute Gasteiger partial charge is 0.386 e. The molecule has 0 aromatic carbocycles. The van der Waals surface area contributed by atoms with Crippen LogP contribution in [0.4, 0.5) is 8.78 Å². The minimum absolute atomic E-state index is 0.0921. The Bertz CT molecular complexity index is 282. The first-order valence-corrected chi connectivity index (χ1v) is 5.66. The molecule has 80 valence electrons. The van der Waals surface area contributed by atoms with Gasteiger partial charge in [0, 0.05) is 13.1 Å². The molecule has 0 aliphatic heterocycles. The number of hydrogen-bond acceptors (Lipinski definition) is 3. The molecular formula is C8H10BrF2NOS. The Hall–Kier alpha value is -0.0400. The molecule has 6 heteroatoms. The predicted octanol–water partition coefficient (Wildman–Crippen LogP) is 2.23. The second-order valence-corrected chi connectivity index (χ2v) is 5.08. The topological polar surface area (TPSA) is 32.3 Å². The molecule has 1 heterocycles. The summed E-state index contributed by atoms with van der Waals surface area (Å²) in [6, 6.07) is 1.91. The molecule has 14 heavy (non-hydrogen) atoms. The molecule has 0 spiro atoms. The van der Waals surface area contributed by atoms with Crippen LogP contribution in [-0.2, 0) is 6.54 Å². The van der Waals surface area contributed by atoms with Crippen molar-refractivity contribution >= 4 is 27.3 Å². The fourth-order valence-electron chi connectivity index (χ4n) is 0.892. The number of halogens is 3. The summed E-state index contributed by atoms with van der Waals surface area (Å²) in [5, 5.41) is 13.5. The summed E-state index contributed by atoms with van der Waals surface area (Å²) < 4.78 is 24.7. The van der Waals surface area contributed by atoms with Crippen LogP contribution in [0.2, 0.25) is 0 Å². The van der Waals surface area contributed by atoms with Crippen LogP contribution in [0.15, 0.2) is 15.2 Å². The number of aliphatic hydroxyl groups is 1. The second kappa shape index (κ2) is 5.75. The van der Waals surface area contributed by atoms with Gasteiger partial charge < -0.3 is 10.4 Å². The van der Waals surface area contributed by atoms with Gasteiger partial charge in [-0.15, -0.1) is 11.3 Å². The first kappa shape index (κ1) is 12.0. The molecule has 0 aliphatic carbocycles. The van der Waals surface area contributed by atoms with Crippen molar-refractivity contribution in [3.63, 3.8) is 0 Å². The van der Waals surface area contributed by atoms with E-state index in [-0.39, 0.29) is 6.54 Å². The average Bonchev–Trinajstić information content (AvgIpc) is 2.51. The number of aliphatic hydroxyl groups excluding tert-OH is 1. The lowest BCUT2D eigenvalue weighted by Gasteiger charge is -2.09. The van der Waals surface area contributed by atoms with E-state index in [9.17, 15) is 8.78 Å². The average molecular weight is 286 g/mol.